The Bertz CT molecular complexity index is 928. The number of hydroxylamine groups is 1. The van der Waals surface area contributed by atoms with Crippen LogP contribution >= 0.6 is 0 Å². The van der Waals surface area contributed by atoms with E-state index in [0.717, 1.165) is 52.2 Å². The summed E-state index contributed by atoms with van der Waals surface area (Å²) in [5.41, 5.74) is 5.65. The molecule has 1 aliphatic carbocycles. The predicted molar refractivity (Wildman–Crippen MR) is 139 cm³/mol. The molecule has 0 radical (unpaired) electrons. The highest BCUT2D eigenvalue weighted by atomic mass is 32.2. The monoisotopic (exact) mass is 502 g/mol. The molecule has 1 saturated heterocycles. The SMILES string of the molecule is COCCN1CCN(c2ccc(C3C=CC(S(=O)N4CC=C(C(=O)NOC)CC4)CC3)cc2)CC1. The summed E-state index contributed by atoms with van der Waals surface area (Å²) in [7, 11) is 2.09. The normalized spacial score (nSPS) is 24.7. The van der Waals surface area contributed by atoms with Crippen LogP contribution in [-0.4, -0.2) is 91.2 Å². The number of allylic oxidation sites excluding steroid dienone is 1. The highest BCUT2D eigenvalue weighted by Gasteiger charge is 2.28. The first kappa shape index (κ1) is 26.0. The fraction of sp³-hybridized carbons (Fsp3) is 0.577. The smallest absolute Gasteiger partial charge is 0.270 e. The molecular weight excluding hydrogens is 464 g/mol. The van der Waals surface area contributed by atoms with Gasteiger partial charge in [-0.25, -0.2) is 14.0 Å². The van der Waals surface area contributed by atoms with Gasteiger partial charge in [0.05, 0.1) is 19.0 Å². The summed E-state index contributed by atoms with van der Waals surface area (Å²) >= 11 is 0. The molecule has 1 aromatic carbocycles. The Balaban J connectivity index is 1.27. The second-order valence-corrected chi connectivity index (χ2v) is 11.0. The Morgan fingerprint density at radius 2 is 1.83 bits per heavy atom. The average molecular weight is 503 g/mol. The zero-order chi connectivity index (χ0) is 24.6. The zero-order valence-electron chi connectivity index (χ0n) is 20.9. The quantitative estimate of drug-likeness (QED) is 0.412. The van der Waals surface area contributed by atoms with Crippen molar-refractivity contribution < 1.29 is 18.6 Å². The first-order chi connectivity index (χ1) is 17.1. The van der Waals surface area contributed by atoms with Crippen LogP contribution in [0.2, 0.25) is 0 Å². The second-order valence-electron chi connectivity index (χ2n) is 9.30. The molecule has 3 atom stereocenters. The number of piperazine rings is 1. The zero-order valence-corrected chi connectivity index (χ0v) is 21.7. The van der Waals surface area contributed by atoms with Crippen LogP contribution in [0.1, 0.15) is 30.7 Å². The van der Waals surface area contributed by atoms with E-state index >= 15 is 0 Å². The summed E-state index contributed by atoms with van der Waals surface area (Å²) in [6, 6.07) is 8.99. The lowest BCUT2D eigenvalue weighted by Gasteiger charge is -2.36. The van der Waals surface area contributed by atoms with Gasteiger partial charge in [-0.15, -0.1) is 0 Å². The fourth-order valence-corrected chi connectivity index (χ4v) is 6.43. The molecule has 1 amide bonds. The number of hydrogen-bond acceptors (Lipinski definition) is 6. The Morgan fingerprint density at radius 3 is 2.43 bits per heavy atom. The minimum absolute atomic E-state index is 0.0303. The third-order valence-corrected chi connectivity index (χ3v) is 8.91. The van der Waals surface area contributed by atoms with Crippen LogP contribution in [-0.2, 0) is 25.4 Å². The highest BCUT2D eigenvalue weighted by molar-refractivity contribution is 7.83. The first-order valence-corrected chi connectivity index (χ1v) is 13.7. The molecule has 0 bridgehead atoms. The van der Waals surface area contributed by atoms with Gasteiger partial charge >= 0.3 is 0 Å². The van der Waals surface area contributed by atoms with Gasteiger partial charge in [0.2, 0.25) is 0 Å². The van der Waals surface area contributed by atoms with E-state index in [-0.39, 0.29) is 11.2 Å². The van der Waals surface area contributed by atoms with Crippen molar-refractivity contribution in [2.45, 2.75) is 30.4 Å². The van der Waals surface area contributed by atoms with Crippen molar-refractivity contribution in [3.05, 3.63) is 53.6 Å². The van der Waals surface area contributed by atoms with E-state index in [1.54, 1.807) is 7.11 Å². The van der Waals surface area contributed by atoms with Crippen LogP contribution in [0.3, 0.4) is 0 Å². The standard InChI is InChI=1S/C26H38N4O4S/c1-33-20-19-28-15-17-29(18-16-28)24-7-3-21(4-8-24)22-5-9-25(10-6-22)35(32)30-13-11-23(12-14-30)26(31)27-34-2/h3-5,7-9,11,22,25H,6,10,12-20H2,1-2H3,(H,27,31). The van der Waals surface area contributed by atoms with Crippen molar-refractivity contribution in [3.63, 3.8) is 0 Å². The number of anilines is 1. The molecule has 9 heteroatoms. The molecule has 2 heterocycles. The summed E-state index contributed by atoms with van der Waals surface area (Å²) in [5, 5.41) is 0.0303. The number of rotatable bonds is 9. The number of hydrogen-bond donors (Lipinski definition) is 1. The lowest BCUT2D eigenvalue weighted by atomic mass is 9.89. The molecule has 3 aliphatic rings. The molecule has 4 rings (SSSR count). The second kappa shape index (κ2) is 12.8. The molecule has 192 valence electrons. The summed E-state index contributed by atoms with van der Waals surface area (Å²) in [4.78, 5) is 21.5. The molecule has 8 nitrogen and oxygen atoms in total. The Kier molecular flexibility index (Phi) is 9.51. The van der Waals surface area contributed by atoms with Gasteiger partial charge in [0.1, 0.15) is 11.0 Å². The molecule has 1 N–H and O–H groups in total. The van der Waals surface area contributed by atoms with E-state index < -0.39 is 11.0 Å². The predicted octanol–water partition coefficient (Wildman–Crippen LogP) is 2.23. The molecule has 1 aromatic rings. The molecule has 3 unspecified atom stereocenters. The van der Waals surface area contributed by atoms with Gasteiger partial charge in [0, 0.05) is 70.1 Å². The number of carbonyl (C=O) groups is 1. The first-order valence-electron chi connectivity index (χ1n) is 12.5. The molecule has 35 heavy (non-hydrogen) atoms. The fourth-order valence-electron chi connectivity index (χ4n) is 4.99. The van der Waals surface area contributed by atoms with E-state index in [4.69, 9.17) is 9.57 Å². The van der Waals surface area contributed by atoms with E-state index in [9.17, 15) is 9.00 Å². The topological polar surface area (TPSA) is 74.4 Å². The number of nitrogens with zero attached hydrogens (tertiary/aromatic N) is 3. The van der Waals surface area contributed by atoms with Crippen molar-refractivity contribution in [1.82, 2.24) is 14.7 Å². The van der Waals surface area contributed by atoms with Crippen molar-refractivity contribution in [2.75, 3.05) is 71.5 Å². The summed E-state index contributed by atoms with van der Waals surface area (Å²) < 4.78 is 20.3. The van der Waals surface area contributed by atoms with Crippen molar-refractivity contribution in [2.24, 2.45) is 0 Å². The Labute approximate surface area is 211 Å². The summed E-state index contributed by atoms with van der Waals surface area (Å²) in [6.45, 7) is 7.17. The summed E-state index contributed by atoms with van der Waals surface area (Å²) in [5.74, 6) is 0.155. The maximum atomic E-state index is 13.1. The van der Waals surface area contributed by atoms with Crippen LogP contribution < -0.4 is 10.4 Å². The third-order valence-electron chi connectivity index (χ3n) is 7.16. The third kappa shape index (κ3) is 6.80. The minimum Gasteiger partial charge on any atom is -0.383 e. The largest absolute Gasteiger partial charge is 0.383 e. The lowest BCUT2D eigenvalue weighted by Crippen LogP contribution is -2.47. The van der Waals surface area contributed by atoms with E-state index in [1.165, 1.54) is 18.4 Å². The van der Waals surface area contributed by atoms with Crippen LogP contribution in [0.4, 0.5) is 5.69 Å². The van der Waals surface area contributed by atoms with Crippen LogP contribution in [0, 0.1) is 0 Å². The van der Waals surface area contributed by atoms with Crippen molar-refractivity contribution in [1.29, 1.82) is 0 Å². The average Bonchev–Trinajstić information content (AvgIpc) is 2.92. The number of nitrogens with one attached hydrogen (secondary N) is 1. The molecule has 1 fully saturated rings. The maximum absolute atomic E-state index is 13.1. The lowest BCUT2D eigenvalue weighted by molar-refractivity contribution is -0.127. The summed E-state index contributed by atoms with van der Waals surface area (Å²) in [6.07, 6.45) is 8.69. The Morgan fingerprint density at radius 1 is 1.06 bits per heavy atom. The highest BCUT2D eigenvalue weighted by Crippen LogP contribution is 2.32. The van der Waals surface area contributed by atoms with Gasteiger partial charge in [-0.05, 0) is 37.0 Å². The molecule has 0 saturated carbocycles. The van der Waals surface area contributed by atoms with Crippen molar-refractivity contribution >= 4 is 22.6 Å². The minimum atomic E-state index is -1.09. The van der Waals surface area contributed by atoms with Gasteiger partial charge in [0.15, 0.2) is 0 Å². The van der Waals surface area contributed by atoms with Gasteiger partial charge in [0.25, 0.3) is 5.91 Å². The number of amides is 1. The molecular formula is C26H38N4O4S. The molecule has 2 aliphatic heterocycles. The van der Waals surface area contributed by atoms with Crippen LogP contribution in [0.15, 0.2) is 48.1 Å². The van der Waals surface area contributed by atoms with Crippen LogP contribution in [0.5, 0.6) is 0 Å². The van der Waals surface area contributed by atoms with Crippen molar-refractivity contribution in [3.8, 4) is 0 Å². The molecule has 0 spiro atoms. The maximum Gasteiger partial charge on any atom is 0.270 e. The number of ether oxygens (including phenoxy) is 1. The van der Waals surface area contributed by atoms with E-state index in [0.29, 0.717) is 31.0 Å². The Hall–Kier alpha value is -2.04. The van der Waals surface area contributed by atoms with Gasteiger partial charge < -0.3 is 9.64 Å². The number of benzene rings is 1. The van der Waals surface area contributed by atoms with E-state index in [2.05, 4.69) is 51.7 Å². The van der Waals surface area contributed by atoms with Crippen LogP contribution in [0.25, 0.3) is 0 Å². The number of methoxy groups -OCH3 is 1. The van der Waals surface area contributed by atoms with Gasteiger partial charge in [-0.3, -0.25) is 14.5 Å². The molecule has 0 aromatic heterocycles. The van der Waals surface area contributed by atoms with Gasteiger partial charge in [-0.1, -0.05) is 30.4 Å². The van der Waals surface area contributed by atoms with E-state index in [1.807, 2.05) is 10.4 Å². The van der Waals surface area contributed by atoms with Gasteiger partial charge in [-0.2, -0.15) is 0 Å². The number of carbonyl (C=O) groups excluding carboxylic acids is 1.